The second kappa shape index (κ2) is 5.39. The van der Waals surface area contributed by atoms with Crippen LogP contribution in [0.5, 0.6) is 0 Å². The minimum absolute atomic E-state index is 0.00675. The van der Waals surface area contributed by atoms with Crippen LogP contribution in [0.3, 0.4) is 0 Å². The van der Waals surface area contributed by atoms with E-state index in [0.29, 0.717) is 12.3 Å². The molecule has 1 saturated heterocycles. The second-order valence-electron chi connectivity index (χ2n) is 5.57. The van der Waals surface area contributed by atoms with E-state index in [2.05, 4.69) is 10.5 Å². The molecule has 2 aliphatic rings. The topological polar surface area (TPSA) is 54.0 Å². The molecule has 1 fully saturated rings. The summed E-state index contributed by atoms with van der Waals surface area (Å²) in [5, 5.41) is 4.22. The van der Waals surface area contributed by atoms with Crippen LogP contribution in [-0.2, 0) is 9.53 Å². The molecule has 0 aromatic heterocycles. The molecule has 4 nitrogen and oxygen atoms in total. The van der Waals surface area contributed by atoms with Crippen LogP contribution < -0.4 is 5.43 Å². The Bertz CT molecular complexity index is 712. The van der Waals surface area contributed by atoms with E-state index in [1.54, 1.807) is 0 Å². The first-order valence-electron chi connectivity index (χ1n) is 7.44. The van der Waals surface area contributed by atoms with Gasteiger partial charge in [0.2, 0.25) is 5.78 Å². The van der Waals surface area contributed by atoms with E-state index in [0.717, 1.165) is 11.1 Å². The molecule has 2 aromatic carbocycles. The van der Waals surface area contributed by atoms with Crippen molar-refractivity contribution in [2.75, 3.05) is 6.54 Å². The van der Waals surface area contributed by atoms with Gasteiger partial charge in [-0.2, -0.15) is 5.10 Å². The van der Waals surface area contributed by atoms with Gasteiger partial charge in [-0.25, -0.2) is 0 Å². The fourth-order valence-electron chi connectivity index (χ4n) is 2.94. The highest BCUT2D eigenvalue weighted by molar-refractivity contribution is 6.44. The van der Waals surface area contributed by atoms with Gasteiger partial charge < -0.3 is 10.2 Å². The summed E-state index contributed by atoms with van der Waals surface area (Å²) in [6.45, 7) is 0.661. The number of nitrogens with zero attached hydrogens (tertiary/aromatic N) is 1. The molecular weight excluding hydrogens is 276 g/mol. The third kappa shape index (κ3) is 2.31. The van der Waals surface area contributed by atoms with Crippen LogP contribution >= 0.6 is 0 Å². The Morgan fingerprint density at radius 1 is 1.00 bits per heavy atom. The Hall–Kier alpha value is -2.46. The number of nitrogens with one attached hydrogen (secondary N) is 1. The number of rotatable bonds is 4. The number of hydrogen-bond donors (Lipinski definition) is 1. The second-order valence-corrected chi connectivity index (χ2v) is 5.57. The zero-order valence-corrected chi connectivity index (χ0v) is 12.0. The van der Waals surface area contributed by atoms with Gasteiger partial charge in [-0.1, -0.05) is 60.7 Å². The van der Waals surface area contributed by atoms with Gasteiger partial charge in [0.1, 0.15) is 11.8 Å². The van der Waals surface area contributed by atoms with Crippen molar-refractivity contribution in [3.8, 4) is 0 Å². The van der Waals surface area contributed by atoms with Gasteiger partial charge in [0.05, 0.1) is 5.92 Å². The van der Waals surface area contributed by atoms with Gasteiger partial charge in [0, 0.05) is 6.54 Å². The lowest BCUT2D eigenvalue weighted by Crippen LogP contribution is -2.25. The van der Waals surface area contributed by atoms with Crippen molar-refractivity contribution >= 4 is 11.5 Å². The highest BCUT2D eigenvalue weighted by Gasteiger charge is 2.49. The first-order chi connectivity index (χ1) is 10.8. The van der Waals surface area contributed by atoms with Crippen molar-refractivity contribution in [1.29, 1.82) is 0 Å². The van der Waals surface area contributed by atoms with E-state index in [-0.39, 0.29) is 17.8 Å². The van der Waals surface area contributed by atoms with Crippen LogP contribution in [0, 0.1) is 0 Å². The normalized spacial score (nSPS) is 26.2. The number of epoxide rings is 1. The van der Waals surface area contributed by atoms with E-state index >= 15 is 0 Å². The van der Waals surface area contributed by atoms with Crippen LogP contribution in [0.4, 0.5) is 0 Å². The summed E-state index contributed by atoms with van der Waals surface area (Å²) in [5.41, 5.74) is 5.68. The minimum Gasteiger partial charge on any atom is -0.356 e. The van der Waals surface area contributed by atoms with E-state index in [1.807, 2.05) is 60.7 Å². The summed E-state index contributed by atoms with van der Waals surface area (Å²) in [7, 11) is 0. The Morgan fingerprint density at radius 2 is 1.64 bits per heavy atom. The number of hydrogen-bond acceptors (Lipinski definition) is 4. The molecule has 1 N–H and O–H groups in total. The van der Waals surface area contributed by atoms with Crippen molar-refractivity contribution in [1.82, 2.24) is 5.43 Å². The van der Waals surface area contributed by atoms with Crippen molar-refractivity contribution in [3.05, 3.63) is 71.8 Å². The van der Waals surface area contributed by atoms with Gasteiger partial charge >= 0.3 is 0 Å². The minimum atomic E-state index is -0.396. The molecule has 2 heterocycles. The maximum absolute atomic E-state index is 12.7. The predicted octanol–water partition coefficient (Wildman–Crippen LogP) is 2.44. The van der Waals surface area contributed by atoms with E-state index in [9.17, 15) is 4.79 Å². The summed E-state index contributed by atoms with van der Waals surface area (Å²) < 4.78 is 5.60. The van der Waals surface area contributed by atoms with Gasteiger partial charge in [-0.3, -0.25) is 4.79 Å². The molecule has 0 amide bonds. The first kappa shape index (κ1) is 13.2. The first-order valence-corrected chi connectivity index (χ1v) is 7.44. The number of ether oxygens (including phenoxy) is 1. The van der Waals surface area contributed by atoms with Crippen LogP contribution in [0.1, 0.15) is 23.1 Å². The molecule has 0 spiro atoms. The van der Waals surface area contributed by atoms with Gasteiger partial charge in [-0.05, 0) is 11.1 Å². The Morgan fingerprint density at radius 3 is 2.32 bits per heavy atom. The third-order valence-corrected chi connectivity index (χ3v) is 4.16. The van der Waals surface area contributed by atoms with Gasteiger partial charge in [-0.15, -0.1) is 0 Å². The van der Waals surface area contributed by atoms with Crippen molar-refractivity contribution in [2.45, 2.75) is 18.1 Å². The summed E-state index contributed by atoms with van der Waals surface area (Å²) in [6.07, 6.45) is -0.527. The van der Waals surface area contributed by atoms with Gasteiger partial charge in [0.15, 0.2) is 6.10 Å². The number of ketones is 1. The Balaban J connectivity index is 1.52. The van der Waals surface area contributed by atoms with Crippen LogP contribution in [0.25, 0.3) is 0 Å². The van der Waals surface area contributed by atoms with Crippen molar-refractivity contribution < 1.29 is 9.53 Å². The van der Waals surface area contributed by atoms with Crippen LogP contribution in [-0.4, -0.2) is 24.1 Å². The quantitative estimate of drug-likeness (QED) is 0.881. The lowest BCUT2D eigenvalue weighted by atomic mass is 9.91. The van der Waals surface area contributed by atoms with Crippen molar-refractivity contribution in [2.24, 2.45) is 5.10 Å². The smallest absolute Gasteiger partial charge is 0.211 e. The molecule has 0 unspecified atom stereocenters. The summed E-state index contributed by atoms with van der Waals surface area (Å²) >= 11 is 0. The molecule has 0 saturated carbocycles. The zero-order valence-electron chi connectivity index (χ0n) is 12.0. The molecule has 2 aliphatic heterocycles. The number of carbonyl (C=O) groups excluding carboxylic acids is 1. The number of carbonyl (C=O) groups is 1. The lowest BCUT2D eigenvalue weighted by Gasteiger charge is -2.10. The molecule has 4 heteroatoms. The van der Waals surface area contributed by atoms with Crippen molar-refractivity contribution in [3.63, 3.8) is 0 Å². The molecular formula is C18H16N2O2. The predicted molar refractivity (Wildman–Crippen MR) is 83.7 cm³/mol. The molecule has 2 aromatic rings. The average molecular weight is 292 g/mol. The molecule has 0 radical (unpaired) electrons. The molecule has 22 heavy (non-hydrogen) atoms. The summed E-state index contributed by atoms with van der Waals surface area (Å²) in [5.74, 6) is 0.00188. The fraction of sp³-hybridized carbons (Fsp3) is 0.222. The third-order valence-electron chi connectivity index (χ3n) is 4.16. The molecule has 110 valence electrons. The number of benzene rings is 2. The maximum Gasteiger partial charge on any atom is 0.211 e. The average Bonchev–Trinajstić information content (AvgIpc) is 3.24. The lowest BCUT2D eigenvalue weighted by molar-refractivity contribution is -0.114. The Labute approximate surface area is 128 Å². The van der Waals surface area contributed by atoms with E-state index < -0.39 is 6.10 Å². The molecule has 4 rings (SSSR count). The van der Waals surface area contributed by atoms with E-state index in [1.165, 1.54) is 0 Å². The van der Waals surface area contributed by atoms with Gasteiger partial charge in [0.25, 0.3) is 0 Å². The maximum atomic E-state index is 12.7. The SMILES string of the molecule is O=C(C1=NNC[C@H]1c1ccccc1)[C@@H]1O[C@@H]1c1ccccc1. The Kier molecular flexibility index (Phi) is 3.24. The standard InChI is InChI=1S/C18H16N2O2/c21-16(18-17(22-18)13-9-5-2-6-10-13)15-14(11-19-20-15)12-7-3-1-4-8-12/h1-10,14,17-19H,11H2/t14-,17+,18-/m0/s1. The molecule has 0 aliphatic carbocycles. The monoisotopic (exact) mass is 292 g/mol. The molecule has 3 atom stereocenters. The summed E-state index contributed by atoms with van der Waals surface area (Å²) in [4.78, 5) is 12.7. The highest BCUT2D eigenvalue weighted by Crippen LogP contribution is 2.40. The van der Waals surface area contributed by atoms with Crippen LogP contribution in [0.2, 0.25) is 0 Å². The zero-order chi connectivity index (χ0) is 14.9. The number of hydrazone groups is 1. The van der Waals surface area contributed by atoms with E-state index in [4.69, 9.17) is 4.74 Å². The largest absolute Gasteiger partial charge is 0.356 e. The fourth-order valence-corrected chi connectivity index (χ4v) is 2.94. The van der Waals surface area contributed by atoms with Crippen LogP contribution in [0.15, 0.2) is 65.8 Å². The highest BCUT2D eigenvalue weighted by atomic mass is 16.6. The number of Topliss-reactive ketones (excluding diaryl/α,β-unsaturated/α-hetero) is 1. The molecule has 0 bridgehead atoms. The summed E-state index contributed by atoms with van der Waals surface area (Å²) in [6, 6.07) is 19.8.